The smallest absolute Gasteiger partial charge is 0.276 e. The molecule has 3 heterocycles. The first-order valence-electron chi connectivity index (χ1n) is 5.14. The third-order valence-corrected chi connectivity index (χ3v) is 2.47. The molecule has 3 rings (SSSR count). The van der Waals surface area contributed by atoms with E-state index in [1.807, 2.05) is 18.2 Å². The zero-order chi connectivity index (χ0) is 11.7. The summed E-state index contributed by atoms with van der Waals surface area (Å²) in [4.78, 5) is 22.5. The van der Waals surface area contributed by atoms with E-state index >= 15 is 0 Å². The summed E-state index contributed by atoms with van der Waals surface area (Å²) in [5.74, 6) is 0. The molecule has 6 heteroatoms. The van der Waals surface area contributed by atoms with Crippen molar-refractivity contribution in [3.63, 3.8) is 0 Å². The number of pyridine rings is 1. The van der Waals surface area contributed by atoms with Gasteiger partial charge in [-0.05, 0) is 12.1 Å². The number of hydrogen-bond acceptors (Lipinski definition) is 4. The Morgan fingerprint density at radius 1 is 1.29 bits per heavy atom. The van der Waals surface area contributed by atoms with E-state index in [0.717, 1.165) is 5.69 Å². The largest absolute Gasteiger partial charge is 0.311 e. The molecule has 0 atom stereocenters. The van der Waals surface area contributed by atoms with Gasteiger partial charge in [0.2, 0.25) is 0 Å². The summed E-state index contributed by atoms with van der Waals surface area (Å²) in [6, 6.07) is 5.63. The van der Waals surface area contributed by atoms with Crippen LogP contribution in [0.2, 0.25) is 0 Å². The van der Waals surface area contributed by atoms with Gasteiger partial charge in [0.1, 0.15) is 5.52 Å². The Bertz CT molecular complexity index is 700. The Hall–Kier alpha value is -2.50. The molecule has 0 aliphatic carbocycles. The predicted molar refractivity (Wildman–Crippen MR) is 61.5 cm³/mol. The van der Waals surface area contributed by atoms with Crippen LogP contribution in [0, 0.1) is 0 Å². The summed E-state index contributed by atoms with van der Waals surface area (Å²) < 4.78 is 1.60. The van der Waals surface area contributed by atoms with Gasteiger partial charge in [-0.15, -0.1) is 0 Å². The average molecular weight is 227 g/mol. The number of aromatic amines is 1. The van der Waals surface area contributed by atoms with Crippen molar-refractivity contribution in [1.29, 1.82) is 0 Å². The van der Waals surface area contributed by atoms with Gasteiger partial charge >= 0.3 is 0 Å². The molecule has 0 bridgehead atoms. The molecule has 0 aromatic carbocycles. The van der Waals surface area contributed by atoms with Crippen LogP contribution in [0.15, 0.2) is 41.7 Å². The Morgan fingerprint density at radius 2 is 2.24 bits per heavy atom. The number of rotatable bonds is 2. The molecule has 0 radical (unpaired) electrons. The first-order chi connectivity index (χ1) is 8.34. The molecule has 3 aromatic heterocycles. The van der Waals surface area contributed by atoms with Crippen LogP contribution >= 0.6 is 0 Å². The van der Waals surface area contributed by atoms with Crippen molar-refractivity contribution in [3.8, 4) is 0 Å². The molecule has 3 aromatic rings. The average Bonchev–Trinajstić information content (AvgIpc) is 2.75. The minimum absolute atomic E-state index is 0.191. The molecule has 0 unspecified atom stereocenters. The lowest BCUT2D eigenvalue weighted by Crippen LogP contribution is -2.13. The lowest BCUT2D eigenvalue weighted by atomic mass is 10.3. The van der Waals surface area contributed by atoms with E-state index in [1.54, 1.807) is 17.1 Å². The van der Waals surface area contributed by atoms with Crippen LogP contribution in [-0.4, -0.2) is 24.7 Å². The van der Waals surface area contributed by atoms with Crippen molar-refractivity contribution in [2.75, 3.05) is 0 Å². The Morgan fingerprint density at radius 3 is 3.06 bits per heavy atom. The summed E-state index contributed by atoms with van der Waals surface area (Å²) in [5, 5.41) is 4.15. The molecule has 0 aliphatic heterocycles. The molecule has 0 saturated heterocycles. The fraction of sp³-hybridized carbons (Fsp3) is 0.0909. The Balaban J connectivity index is 2.10. The normalized spacial score (nSPS) is 10.8. The summed E-state index contributed by atoms with van der Waals surface area (Å²) in [5.41, 5.74) is 1.71. The van der Waals surface area contributed by atoms with Gasteiger partial charge in [-0.3, -0.25) is 14.5 Å². The van der Waals surface area contributed by atoms with E-state index < -0.39 is 0 Å². The van der Waals surface area contributed by atoms with Crippen molar-refractivity contribution in [3.05, 3.63) is 53.0 Å². The maximum absolute atomic E-state index is 11.7. The number of fused-ring (bicyclic) bond motifs is 1. The molecule has 1 N–H and O–H groups in total. The number of hydrogen-bond donors (Lipinski definition) is 1. The molecule has 84 valence electrons. The third-order valence-electron chi connectivity index (χ3n) is 2.47. The van der Waals surface area contributed by atoms with Crippen molar-refractivity contribution in [1.82, 2.24) is 24.7 Å². The van der Waals surface area contributed by atoms with Gasteiger partial charge in [0.25, 0.3) is 5.56 Å². The van der Waals surface area contributed by atoms with Crippen LogP contribution in [0.1, 0.15) is 5.69 Å². The highest BCUT2D eigenvalue weighted by molar-refractivity contribution is 5.72. The molecule has 0 spiro atoms. The molecule has 0 fully saturated rings. The van der Waals surface area contributed by atoms with Crippen LogP contribution in [0.5, 0.6) is 0 Å². The minimum Gasteiger partial charge on any atom is -0.311 e. The summed E-state index contributed by atoms with van der Waals surface area (Å²) in [7, 11) is 0. The Labute approximate surface area is 96.0 Å². The highest BCUT2D eigenvalue weighted by Crippen LogP contribution is 2.06. The van der Waals surface area contributed by atoms with Crippen LogP contribution in [-0.2, 0) is 6.54 Å². The zero-order valence-electron chi connectivity index (χ0n) is 8.87. The van der Waals surface area contributed by atoms with Crippen LogP contribution in [0.4, 0.5) is 0 Å². The lowest BCUT2D eigenvalue weighted by molar-refractivity contribution is 0.693. The lowest BCUT2D eigenvalue weighted by Gasteiger charge is -2.01. The zero-order valence-corrected chi connectivity index (χ0v) is 8.87. The van der Waals surface area contributed by atoms with E-state index in [0.29, 0.717) is 17.6 Å². The number of H-pyrrole nitrogens is 1. The van der Waals surface area contributed by atoms with E-state index in [-0.39, 0.29) is 5.56 Å². The quantitative estimate of drug-likeness (QED) is 0.694. The fourth-order valence-corrected chi connectivity index (χ4v) is 1.70. The molecular weight excluding hydrogens is 218 g/mol. The maximum atomic E-state index is 11.7. The SMILES string of the molecule is O=c1[nH]cnc2cnn(Cc3ccccn3)c12. The highest BCUT2D eigenvalue weighted by atomic mass is 16.1. The fourth-order valence-electron chi connectivity index (χ4n) is 1.70. The number of aromatic nitrogens is 5. The van der Waals surface area contributed by atoms with Gasteiger partial charge in [0.05, 0.1) is 24.8 Å². The van der Waals surface area contributed by atoms with Crippen LogP contribution in [0.3, 0.4) is 0 Å². The Kier molecular flexibility index (Phi) is 2.18. The van der Waals surface area contributed by atoms with E-state index in [9.17, 15) is 4.79 Å². The van der Waals surface area contributed by atoms with Gasteiger partial charge in [-0.25, -0.2) is 4.98 Å². The molecule has 0 saturated carbocycles. The van der Waals surface area contributed by atoms with Gasteiger partial charge in [-0.1, -0.05) is 6.07 Å². The highest BCUT2D eigenvalue weighted by Gasteiger charge is 2.07. The van der Waals surface area contributed by atoms with Gasteiger partial charge in [0, 0.05) is 6.20 Å². The van der Waals surface area contributed by atoms with Crippen molar-refractivity contribution >= 4 is 11.0 Å². The molecule has 17 heavy (non-hydrogen) atoms. The first kappa shape index (κ1) is 9.71. The minimum atomic E-state index is -0.191. The molecule has 6 nitrogen and oxygen atoms in total. The summed E-state index contributed by atoms with van der Waals surface area (Å²) in [6.45, 7) is 0.457. The van der Waals surface area contributed by atoms with Gasteiger partial charge in [-0.2, -0.15) is 5.10 Å². The van der Waals surface area contributed by atoms with Gasteiger partial charge in [0.15, 0.2) is 5.52 Å². The monoisotopic (exact) mass is 227 g/mol. The molecule has 0 aliphatic rings. The van der Waals surface area contributed by atoms with E-state index in [2.05, 4.69) is 20.1 Å². The van der Waals surface area contributed by atoms with Crippen molar-refractivity contribution < 1.29 is 0 Å². The maximum Gasteiger partial charge on any atom is 0.276 e. The summed E-state index contributed by atoms with van der Waals surface area (Å²) in [6.07, 6.45) is 4.66. The van der Waals surface area contributed by atoms with Crippen LogP contribution in [0.25, 0.3) is 11.0 Å². The second-order valence-electron chi connectivity index (χ2n) is 3.59. The van der Waals surface area contributed by atoms with Crippen molar-refractivity contribution in [2.45, 2.75) is 6.54 Å². The molecular formula is C11H9N5O. The summed E-state index contributed by atoms with van der Waals surface area (Å²) >= 11 is 0. The van der Waals surface area contributed by atoms with E-state index in [4.69, 9.17) is 0 Å². The third kappa shape index (κ3) is 1.69. The molecule has 0 amide bonds. The van der Waals surface area contributed by atoms with E-state index in [1.165, 1.54) is 6.33 Å². The predicted octanol–water partition coefficient (Wildman–Crippen LogP) is 0.563. The van der Waals surface area contributed by atoms with Crippen molar-refractivity contribution in [2.24, 2.45) is 0 Å². The second-order valence-corrected chi connectivity index (χ2v) is 3.59. The standard InChI is InChI=1S/C11H9N5O/c17-11-10-9(13-7-14-11)5-15-16(10)6-8-3-1-2-4-12-8/h1-5,7H,6H2,(H,13,14,17). The second kappa shape index (κ2) is 3.82. The number of nitrogens with zero attached hydrogens (tertiary/aromatic N) is 4. The first-order valence-corrected chi connectivity index (χ1v) is 5.14. The van der Waals surface area contributed by atoms with Crippen LogP contribution < -0.4 is 5.56 Å². The topological polar surface area (TPSA) is 76.5 Å². The number of nitrogens with one attached hydrogen (secondary N) is 1. The van der Waals surface area contributed by atoms with Gasteiger partial charge < -0.3 is 4.98 Å².